The minimum Gasteiger partial charge on any atom is -0.496 e. The molecule has 110 valence electrons. The third kappa shape index (κ3) is 4.48. The molecule has 0 radical (unpaired) electrons. The lowest BCUT2D eigenvalue weighted by molar-refractivity contribution is -0.384. The number of hydrogen-bond acceptors (Lipinski definition) is 6. The van der Waals surface area contributed by atoms with Gasteiger partial charge < -0.3 is 10.1 Å². The van der Waals surface area contributed by atoms with E-state index < -0.39 is 26.7 Å². The van der Waals surface area contributed by atoms with Crippen molar-refractivity contribution in [2.24, 2.45) is 0 Å². The number of ether oxygens (including phenoxy) is 1. The SMILES string of the molecule is COc1ccc([N+](=O)[O-])cc1C(=O)NCCS(=O)(=O)O. The molecule has 1 amide bonds. The second-order valence-electron chi connectivity index (χ2n) is 3.68. The van der Waals surface area contributed by atoms with E-state index in [1.165, 1.54) is 19.2 Å². The van der Waals surface area contributed by atoms with Crippen LogP contribution in [-0.4, -0.2) is 43.2 Å². The lowest BCUT2D eigenvalue weighted by Crippen LogP contribution is -2.29. The van der Waals surface area contributed by atoms with E-state index in [4.69, 9.17) is 9.29 Å². The zero-order valence-corrected chi connectivity index (χ0v) is 11.2. The van der Waals surface area contributed by atoms with Gasteiger partial charge in [0.25, 0.3) is 21.7 Å². The summed E-state index contributed by atoms with van der Waals surface area (Å²) in [6, 6.07) is 3.45. The third-order valence-electron chi connectivity index (χ3n) is 2.28. The van der Waals surface area contributed by atoms with Crippen LogP contribution in [0.25, 0.3) is 0 Å². The molecule has 1 aromatic rings. The van der Waals surface area contributed by atoms with Gasteiger partial charge in [0, 0.05) is 18.7 Å². The van der Waals surface area contributed by atoms with Crippen molar-refractivity contribution >= 4 is 21.7 Å². The Balaban J connectivity index is 2.90. The number of nitro benzene ring substituents is 1. The molecule has 2 N–H and O–H groups in total. The van der Waals surface area contributed by atoms with Crippen LogP contribution in [0.4, 0.5) is 5.69 Å². The van der Waals surface area contributed by atoms with Gasteiger partial charge in [-0.1, -0.05) is 0 Å². The molecule has 0 saturated carbocycles. The fraction of sp³-hybridized carbons (Fsp3) is 0.300. The number of nitrogens with zero attached hydrogens (tertiary/aromatic N) is 1. The van der Waals surface area contributed by atoms with E-state index in [2.05, 4.69) is 5.32 Å². The predicted octanol–water partition coefficient (Wildman–Crippen LogP) is 0.221. The lowest BCUT2D eigenvalue weighted by atomic mass is 10.1. The topological polar surface area (TPSA) is 136 Å². The van der Waals surface area contributed by atoms with Gasteiger partial charge in [-0.2, -0.15) is 8.42 Å². The number of carbonyl (C=O) groups is 1. The molecule has 0 aliphatic rings. The average Bonchev–Trinajstić information content (AvgIpc) is 2.36. The maximum atomic E-state index is 11.8. The summed E-state index contributed by atoms with van der Waals surface area (Å²) >= 11 is 0. The highest BCUT2D eigenvalue weighted by Crippen LogP contribution is 2.23. The van der Waals surface area contributed by atoms with E-state index in [-0.39, 0.29) is 23.5 Å². The lowest BCUT2D eigenvalue weighted by Gasteiger charge is -2.08. The maximum absolute atomic E-state index is 11.8. The molecule has 9 nitrogen and oxygen atoms in total. The number of benzene rings is 1. The molecule has 0 atom stereocenters. The van der Waals surface area contributed by atoms with Gasteiger partial charge in [0.05, 0.1) is 23.3 Å². The summed E-state index contributed by atoms with van der Waals surface area (Å²) in [5, 5.41) is 12.9. The van der Waals surface area contributed by atoms with Gasteiger partial charge in [-0.25, -0.2) is 0 Å². The first-order valence-corrected chi connectivity index (χ1v) is 6.91. The van der Waals surface area contributed by atoms with Crippen molar-refractivity contribution in [3.63, 3.8) is 0 Å². The molecule has 0 bridgehead atoms. The van der Waals surface area contributed by atoms with E-state index in [9.17, 15) is 23.3 Å². The van der Waals surface area contributed by atoms with Gasteiger partial charge in [0.2, 0.25) is 0 Å². The minimum absolute atomic E-state index is 0.1000. The number of nitro groups is 1. The van der Waals surface area contributed by atoms with Crippen LogP contribution in [0.3, 0.4) is 0 Å². The Hall–Kier alpha value is -2.20. The maximum Gasteiger partial charge on any atom is 0.270 e. The normalized spacial score (nSPS) is 10.9. The summed E-state index contributed by atoms with van der Waals surface area (Å²) in [6.45, 7) is -0.330. The van der Waals surface area contributed by atoms with Crippen LogP contribution in [0.2, 0.25) is 0 Å². The van der Waals surface area contributed by atoms with E-state index in [1.807, 2.05) is 0 Å². The molecule has 0 aromatic heterocycles. The fourth-order valence-electron chi connectivity index (χ4n) is 1.38. The first-order chi connectivity index (χ1) is 9.24. The van der Waals surface area contributed by atoms with Crippen LogP contribution >= 0.6 is 0 Å². The molecule has 0 fully saturated rings. The molecular formula is C10H12N2O7S. The number of rotatable bonds is 6. The van der Waals surface area contributed by atoms with Crippen LogP contribution in [0, 0.1) is 10.1 Å². The van der Waals surface area contributed by atoms with Crippen LogP contribution in [0.1, 0.15) is 10.4 Å². The summed E-state index contributed by atoms with van der Waals surface area (Å²) in [4.78, 5) is 21.8. The van der Waals surface area contributed by atoms with Crippen molar-refractivity contribution < 1.29 is 27.4 Å². The van der Waals surface area contributed by atoms with Crippen LogP contribution in [0.15, 0.2) is 18.2 Å². The van der Waals surface area contributed by atoms with Crippen molar-refractivity contribution in [3.8, 4) is 5.75 Å². The fourth-order valence-corrected chi connectivity index (χ4v) is 1.74. The van der Waals surface area contributed by atoms with E-state index in [0.29, 0.717) is 0 Å². The van der Waals surface area contributed by atoms with Gasteiger partial charge in [-0.3, -0.25) is 19.5 Å². The first kappa shape index (κ1) is 15.9. The molecule has 10 heteroatoms. The molecule has 1 aromatic carbocycles. The number of amides is 1. The highest BCUT2D eigenvalue weighted by Gasteiger charge is 2.17. The van der Waals surface area contributed by atoms with Gasteiger partial charge in [-0.15, -0.1) is 0 Å². The standard InChI is InChI=1S/C10H12N2O7S/c1-19-9-3-2-7(12(14)15)6-8(9)10(13)11-4-5-20(16,17)18/h2-3,6H,4-5H2,1H3,(H,11,13)(H,16,17,18). The second kappa shape index (κ2) is 6.30. The summed E-state index contributed by atoms with van der Waals surface area (Å²) in [5.41, 5.74) is -0.400. The Morgan fingerprint density at radius 2 is 2.15 bits per heavy atom. The quantitative estimate of drug-likeness (QED) is 0.436. The minimum atomic E-state index is -4.19. The predicted molar refractivity (Wildman–Crippen MR) is 68.4 cm³/mol. The van der Waals surface area contributed by atoms with Gasteiger partial charge >= 0.3 is 0 Å². The number of non-ortho nitro benzene ring substituents is 1. The number of hydrogen-bond donors (Lipinski definition) is 2. The zero-order valence-electron chi connectivity index (χ0n) is 10.4. The Bertz CT molecular complexity index is 626. The second-order valence-corrected chi connectivity index (χ2v) is 5.26. The van der Waals surface area contributed by atoms with Crippen molar-refractivity contribution in [3.05, 3.63) is 33.9 Å². The summed E-state index contributed by atoms with van der Waals surface area (Å²) in [7, 11) is -2.91. The summed E-state index contributed by atoms with van der Waals surface area (Å²) in [5.74, 6) is -1.29. The van der Waals surface area contributed by atoms with E-state index >= 15 is 0 Å². The van der Waals surface area contributed by atoms with Gasteiger partial charge in [0.15, 0.2) is 0 Å². The van der Waals surface area contributed by atoms with E-state index in [1.54, 1.807) is 0 Å². The van der Waals surface area contributed by atoms with E-state index in [0.717, 1.165) is 6.07 Å². The Labute approximate surface area is 114 Å². The van der Waals surface area contributed by atoms with Gasteiger partial charge in [0.1, 0.15) is 5.75 Å². The molecule has 20 heavy (non-hydrogen) atoms. The Morgan fingerprint density at radius 3 is 2.65 bits per heavy atom. The van der Waals surface area contributed by atoms with Crippen LogP contribution in [0.5, 0.6) is 5.75 Å². The third-order valence-corrected chi connectivity index (χ3v) is 3.00. The van der Waals surface area contributed by atoms with Crippen molar-refractivity contribution in [1.29, 1.82) is 0 Å². The smallest absolute Gasteiger partial charge is 0.270 e. The van der Waals surface area contributed by atoms with Crippen molar-refractivity contribution in [2.75, 3.05) is 19.4 Å². The molecule has 0 heterocycles. The number of carbonyl (C=O) groups excluding carboxylic acids is 1. The zero-order chi connectivity index (χ0) is 15.3. The average molecular weight is 304 g/mol. The highest BCUT2D eigenvalue weighted by molar-refractivity contribution is 7.85. The number of methoxy groups -OCH3 is 1. The first-order valence-electron chi connectivity index (χ1n) is 5.30. The van der Waals surface area contributed by atoms with Crippen LogP contribution in [-0.2, 0) is 10.1 Å². The molecule has 1 rings (SSSR count). The molecule has 0 aliphatic heterocycles. The molecule has 0 saturated heterocycles. The Kier molecular flexibility index (Phi) is 5.00. The monoisotopic (exact) mass is 304 g/mol. The molecular weight excluding hydrogens is 292 g/mol. The number of nitrogens with one attached hydrogen (secondary N) is 1. The molecule has 0 spiro atoms. The molecule has 0 aliphatic carbocycles. The van der Waals surface area contributed by atoms with Gasteiger partial charge in [-0.05, 0) is 6.07 Å². The van der Waals surface area contributed by atoms with Crippen molar-refractivity contribution in [2.45, 2.75) is 0 Å². The highest BCUT2D eigenvalue weighted by atomic mass is 32.2. The summed E-state index contributed by atoms with van der Waals surface area (Å²) < 4.78 is 34.4. The Morgan fingerprint density at radius 1 is 1.50 bits per heavy atom. The van der Waals surface area contributed by atoms with Crippen molar-refractivity contribution in [1.82, 2.24) is 5.32 Å². The summed E-state index contributed by atoms with van der Waals surface area (Å²) in [6.07, 6.45) is 0. The van der Waals surface area contributed by atoms with Crippen LogP contribution < -0.4 is 10.1 Å². The largest absolute Gasteiger partial charge is 0.496 e. The molecule has 0 unspecified atom stereocenters.